The van der Waals surface area contributed by atoms with Gasteiger partial charge in [-0.15, -0.1) is 0 Å². The summed E-state index contributed by atoms with van der Waals surface area (Å²) in [5.74, 6) is -0.402. The lowest BCUT2D eigenvalue weighted by atomic mass is 10.1. The number of aromatic nitrogens is 1. The molecule has 170 valence electrons. The van der Waals surface area contributed by atoms with Gasteiger partial charge in [0.2, 0.25) is 0 Å². The highest BCUT2D eigenvalue weighted by Crippen LogP contribution is 2.24. The van der Waals surface area contributed by atoms with Gasteiger partial charge < -0.3 is 15.1 Å². The second-order valence-corrected chi connectivity index (χ2v) is 8.56. The molecule has 6 nitrogen and oxygen atoms in total. The lowest BCUT2D eigenvalue weighted by Gasteiger charge is -2.29. The Morgan fingerprint density at radius 2 is 1.67 bits per heavy atom. The number of nitrogens with one attached hydrogen (secondary N) is 1. The molecule has 1 aliphatic rings. The number of amides is 2. The minimum atomic E-state index is -0.267. The standard InChI is InChI=1S/C27H30N4O2/c1-20-7-6-8-24(25(20)29-26(32)22-13-15-28-16-14-22)27(33)30(2)19-21-9-11-23(12-10-21)31-17-4-3-5-18-31/h6-16H,3-5,17-19H2,1-2H3,(H,29,32). The first-order valence-corrected chi connectivity index (χ1v) is 11.4. The number of hydrogen-bond acceptors (Lipinski definition) is 4. The van der Waals surface area contributed by atoms with E-state index in [-0.39, 0.29) is 11.8 Å². The van der Waals surface area contributed by atoms with Gasteiger partial charge in [0.15, 0.2) is 0 Å². The fraction of sp³-hybridized carbons (Fsp3) is 0.296. The van der Waals surface area contributed by atoms with Crippen molar-refractivity contribution in [1.82, 2.24) is 9.88 Å². The molecule has 0 atom stereocenters. The number of rotatable bonds is 6. The largest absolute Gasteiger partial charge is 0.372 e. The van der Waals surface area contributed by atoms with Gasteiger partial charge in [0.1, 0.15) is 0 Å². The van der Waals surface area contributed by atoms with Crippen molar-refractivity contribution >= 4 is 23.2 Å². The van der Waals surface area contributed by atoms with E-state index in [9.17, 15) is 9.59 Å². The van der Waals surface area contributed by atoms with Crippen molar-refractivity contribution in [3.8, 4) is 0 Å². The third-order valence-corrected chi connectivity index (χ3v) is 6.11. The number of carbonyl (C=O) groups excluding carboxylic acids is 2. The number of carbonyl (C=O) groups is 2. The molecule has 2 heterocycles. The molecule has 0 unspecified atom stereocenters. The lowest BCUT2D eigenvalue weighted by molar-refractivity contribution is 0.0786. The minimum absolute atomic E-state index is 0.135. The summed E-state index contributed by atoms with van der Waals surface area (Å²) in [6, 6.07) is 17.3. The normalized spacial score (nSPS) is 13.5. The Morgan fingerprint density at radius 3 is 2.36 bits per heavy atom. The van der Waals surface area contributed by atoms with Gasteiger partial charge in [-0.05, 0) is 67.6 Å². The van der Waals surface area contributed by atoms with E-state index in [0.717, 1.165) is 24.2 Å². The number of para-hydroxylation sites is 1. The van der Waals surface area contributed by atoms with Gasteiger partial charge >= 0.3 is 0 Å². The first-order valence-electron chi connectivity index (χ1n) is 11.4. The number of hydrogen-bond donors (Lipinski definition) is 1. The van der Waals surface area contributed by atoms with Crippen molar-refractivity contribution in [2.75, 3.05) is 30.4 Å². The van der Waals surface area contributed by atoms with Crippen LogP contribution in [0, 0.1) is 6.92 Å². The van der Waals surface area contributed by atoms with Crippen LogP contribution in [0.1, 0.15) is 51.1 Å². The van der Waals surface area contributed by atoms with Gasteiger partial charge in [-0.3, -0.25) is 14.6 Å². The Labute approximate surface area is 195 Å². The molecule has 3 aromatic rings. The Morgan fingerprint density at radius 1 is 0.970 bits per heavy atom. The van der Waals surface area contributed by atoms with Crippen LogP contribution in [-0.2, 0) is 6.54 Å². The van der Waals surface area contributed by atoms with Gasteiger partial charge in [-0.1, -0.05) is 24.3 Å². The SMILES string of the molecule is Cc1cccc(C(=O)N(C)Cc2ccc(N3CCCCC3)cc2)c1NC(=O)c1ccncc1. The minimum Gasteiger partial charge on any atom is -0.372 e. The van der Waals surface area contributed by atoms with E-state index >= 15 is 0 Å². The van der Waals surface area contributed by atoms with Crippen LogP contribution >= 0.6 is 0 Å². The quantitative estimate of drug-likeness (QED) is 0.589. The van der Waals surface area contributed by atoms with Crippen molar-refractivity contribution in [2.24, 2.45) is 0 Å². The van der Waals surface area contributed by atoms with Crippen molar-refractivity contribution in [1.29, 1.82) is 0 Å². The second-order valence-electron chi connectivity index (χ2n) is 8.56. The monoisotopic (exact) mass is 442 g/mol. The van der Waals surface area contributed by atoms with E-state index in [2.05, 4.69) is 39.5 Å². The van der Waals surface area contributed by atoms with Crippen molar-refractivity contribution < 1.29 is 9.59 Å². The van der Waals surface area contributed by atoms with Crippen LogP contribution in [-0.4, -0.2) is 41.8 Å². The maximum absolute atomic E-state index is 13.3. The summed E-state index contributed by atoms with van der Waals surface area (Å²) in [5, 5.41) is 2.92. The number of nitrogens with zero attached hydrogens (tertiary/aromatic N) is 3. The topological polar surface area (TPSA) is 65.5 Å². The predicted molar refractivity (Wildman–Crippen MR) is 132 cm³/mol. The maximum atomic E-state index is 13.3. The third kappa shape index (κ3) is 5.40. The molecule has 2 amide bonds. The van der Waals surface area contributed by atoms with Crippen molar-refractivity contribution in [3.63, 3.8) is 0 Å². The average Bonchev–Trinajstić information content (AvgIpc) is 2.86. The number of benzene rings is 2. The van der Waals surface area contributed by atoms with Crippen LogP contribution in [0.3, 0.4) is 0 Å². The van der Waals surface area contributed by atoms with Crippen LogP contribution in [0.15, 0.2) is 67.0 Å². The fourth-order valence-corrected chi connectivity index (χ4v) is 4.22. The van der Waals surface area contributed by atoms with Crippen LogP contribution in [0.2, 0.25) is 0 Å². The Bertz CT molecular complexity index is 1110. The molecule has 2 aromatic carbocycles. The second kappa shape index (κ2) is 10.3. The molecule has 1 N–H and O–H groups in total. The molecule has 0 radical (unpaired) electrons. The van der Waals surface area contributed by atoms with E-state index in [4.69, 9.17) is 0 Å². The molecule has 0 spiro atoms. The van der Waals surface area contributed by atoms with E-state index in [1.807, 2.05) is 19.1 Å². The van der Waals surface area contributed by atoms with E-state index in [0.29, 0.717) is 23.4 Å². The van der Waals surface area contributed by atoms with Gasteiger partial charge in [0.25, 0.3) is 11.8 Å². The summed E-state index contributed by atoms with van der Waals surface area (Å²) in [7, 11) is 1.79. The molecule has 1 saturated heterocycles. The summed E-state index contributed by atoms with van der Waals surface area (Å²) >= 11 is 0. The summed E-state index contributed by atoms with van der Waals surface area (Å²) in [6.45, 7) is 4.60. The van der Waals surface area contributed by atoms with Gasteiger partial charge in [0, 0.05) is 50.3 Å². The highest BCUT2D eigenvalue weighted by atomic mass is 16.2. The summed E-state index contributed by atoms with van der Waals surface area (Å²) in [6.07, 6.45) is 6.95. The summed E-state index contributed by atoms with van der Waals surface area (Å²) in [5.41, 5.74) is 4.66. The first-order chi connectivity index (χ1) is 16.0. The maximum Gasteiger partial charge on any atom is 0.256 e. The van der Waals surface area contributed by atoms with Gasteiger partial charge in [0.05, 0.1) is 11.3 Å². The van der Waals surface area contributed by atoms with Crippen molar-refractivity contribution in [2.45, 2.75) is 32.7 Å². The van der Waals surface area contributed by atoms with Crippen LogP contribution in [0.4, 0.5) is 11.4 Å². The highest BCUT2D eigenvalue weighted by Gasteiger charge is 2.20. The predicted octanol–water partition coefficient (Wildman–Crippen LogP) is 4.90. The molecular weight excluding hydrogens is 412 g/mol. The molecular formula is C27H30N4O2. The number of anilines is 2. The van der Waals surface area contributed by atoms with Crippen LogP contribution in [0.25, 0.3) is 0 Å². The molecule has 1 aliphatic heterocycles. The van der Waals surface area contributed by atoms with Crippen LogP contribution < -0.4 is 10.2 Å². The summed E-state index contributed by atoms with van der Waals surface area (Å²) in [4.78, 5) is 34.1. The van der Waals surface area contributed by atoms with E-state index in [1.165, 1.54) is 24.9 Å². The molecule has 0 saturated carbocycles. The highest BCUT2D eigenvalue weighted by molar-refractivity contribution is 6.09. The molecule has 0 aliphatic carbocycles. The Balaban J connectivity index is 1.47. The zero-order valence-corrected chi connectivity index (χ0v) is 19.3. The summed E-state index contributed by atoms with van der Waals surface area (Å²) < 4.78 is 0. The molecule has 33 heavy (non-hydrogen) atoms. The molecule has 1 aromatic heterocycles. The van der Waals surface area contributed by atoms with Crippen LogP contribution in [0.5, 0.6) is 0 Å². The molecule has 6 heteroatoms. The molecule has 4 rings (SSSR count). The number of aryl methyl sites for hydroxylation is 1. The number of piperidine rings is 1. The smallest absolute Gasteiger partial charge is 0.256 e. The number of pyridine rings is 1. The van der Waals surface area contributed by atoms with E-state index in [1.54, 1.807) is 42.5 Å². The zero-order valence-electron chi connectivity index (χ0n) is 19.3. The Hall–Kier alpha value is -3.67. The Kier molecular flexibility index (Phi) is 7.03. The fourth-order valence-electron chi connectivity index (χ4n) is 4.22. The first kappa shape index (κ1) is 22.5. The lowest BCUT2D eigenvalue weighted by Crippen LogP contribution is -2.29. The zero-order chi connectivity index (χ0) is 23.2. The van der Waals surface area contributed by atoms with Crippen molar-refractivity contribution in [3.05, 3.63) is 89.2 Å². The molecule has 0 bridgehead atoms. The van der Waals surface area contributed by atoms with E-state index < -0.39 is 0 Å². The average molecular weight is 443 g/mol. The van der Waals surface area contributed by atoms with Gasteiger partial charge in [-0.2, -0.15) is 0 Å². The third-order valence-electron chi connectivity index (χ3n) is 6.11. The van der Waals surface area contributed by atoms with Gasteiger partial charge in [-0.25, -0.2) is 0 Å². The molecule has 1 fully saturated rings.